The molecule has 0 unspecified atom stereocenters. The zero-order valence-electron chi connectivity index (χ0n) is 14.4. The Morgan fingerprint density at radius 3 is 2.00 bits per heavy atom. The summed E-state index contributed by atoms with van der Waals surface area (Å²) >= 11 is 0. The van der Waals surface area contributed by atoms with Gasteiger partial charge in [-0.3, -0.25) is 9.11 Å². The number of phenols is 1. The van der Waals surface area contributed by atoms with Gasteiger partial charge in [-0.2, -0.15) is 21.9 Å². The fourth-order valence-electron chi connectivity index (χ4n) is 2.58. The zero-order valence-corrected chi connectivity index (χ0v) is 16.0. The third-order valence-electron chi connectivity index (χ3n) is 3.89. The second-order valence-electron chi connectivity index (χ2n) is 5.92. The molecule has 0 spiro atoms. The van der Waals surface area contributed by atoms with Gasteiger partial charge in [-0.15, -0.1) is 5.11 Å². The smallest absolute Gasteiger partial charge is 0.296 e. The summed E-state index contributed by atoms with van der Waals surface area (Å²) in [5.74, 6) is -0.756. The molecular weight excluding hydrogens is 424 g/mol. The van der Waals surface area contributed by atoms with E-state index in [1.165, 1.54) is 24.3 Å². The number of hydrogen-bond donors (Lipinski definition) is 5. The number of nitrogen functional groups attached to an aromatic ring is 2. The maximum atomic E-state index is 11.8. The Bertz CT molecular complexity index is 1370. The Morgan fingerprint density at radius 2 is 1.45 bits per heavy atom. The number of benzene rings is 3. The molecule has 3 rings (SSSR count). The van der Waals surface area contributed by atoms with Gasteiger partial charge in [0.15, 0.2) is 5.75 Å². The molecule has 0 aromatic heterocycles. The highest BCUT2D eigenvalue weighted by molar-refractivity contribution is 7.86. The lowest BCUT2D eigenvalue weighted by molar-refractivity contribution is 0.472. The molecule has 0 aliphatic carbocycles. The number of fused-ring (bicyclic) bond motifs is 1. The van der Waals surface area contributed by atoms with E-state index in [2.05, 4.69) is 10.2 Å². The minimum absolute atomic E-state index is 0.143. The Kier molecular flexibility index (Phi) is 4.92. The quantitative estimate of drug-likeness (QED) is 0.230. The summed E-state index contributed by atoms with van der Waals surface area (Å²) < 4.78 is 65.1. The minimum Gasteiger partial charge on any atom is -0.505 e. The molecule has 11 nitrogen and oxygen atoms in total. The molecule has 0 heterocycles. The van der Waals surface area contributed by atoms with Crippen LogP contribution in [0.1, 0.15) is 0 Å². The van der Waals surface area contributed by atoms with Crippen LogP contribution in [-0.2, 0) is 20.2 Å². The molecule has 0 amide bonds. The van der Waals surface area contributed by atoms with Crippen molar-refractivity contribution in [2.24, 2.45) is 10.2 Å². The standard InChI is InChI=1S/C16H14N4O7S2/c17-9-1-3-10(4-2-9)19-20-15-13(29(25,26)27)6-8-5-11(28(22,23)24)7-12(18)14(8)16(15)21/h1-7,21H,17-18H2,(H,22,23,24)(H,25,26,27). The molecule has 3 aromatic rings. The third-order valence-corrected chi connectivity index (χ3v) is 5.59. The van der Waals surface area contributed by atoms with Crippen LogP contribution in [0.25, 0.3) is 10.8 Å². The van der Waals surface area contributed by atoms with Crippen LogP contribution in [0.4, 0.5) is 22.7 Å². The minimum atomic E-state index is -4.91. The average molecular weight is 438 g/mol. The fourth-order valence-corrected chi connectivity index (χ4v) is 3.79. The Hall–Kier alpha value is -3.26. The van der Waals surface area contributed by atoms with Crippen LogP contribution in [-0.4, -0.2) is 31.0 Å². The predicted molar refractivity (Wildman–Crippen MR) is 105 cm³/mol. The number of nitrogens with zero attached hydrogens (tertiary/aromatic N) is 2. The Labute approximate surface area is 164 Å². The van der Waals surface area contributed by atoms with Crippen molar-refractivity contribution in [3.63, 3.8) is 0 Å². The summed E-state index contributed by atoms with van der Waals surface area (Å²) in [5.41, 5.74) is 11.2. The highest BCUT2D eigenvalue weighted by Crippen LogP contribution is 2.44. The monoisotopic (exact) mass is 438 g/mol. The van der Waals surface area contributed by atoms with Gasteiger partial charge < -0.3 is 16.6 Å². The van der Waals surface area contributed by atoms with E-state index in [0.717, 1.165) is 18.2 Å². The maximum Gasteiger partial charge on any atom is 0.296 e. The van der Waals surface area contributed by atoms with Gasteiger partial charge in [0.05, 0.1) is 10.6 Å². The van der Waals surface area contributed by atoms with E-state index < -0.39 is 41.5 Å². The van der Waals surface area contributed by atoms with Crippen LogP contribution in [0.5, 0.6) is 5.75 Å². The molecule has 0 fully saturated rings. The van der Waals surface area contributed by atoms with Gasteiger partial charge >= 0.3 is 0 Å². The molecule has 0 saturated carbocycles. The van der Waals surface area contributed by atoms with Gasteiger partial charge in [-0.25, -0.2) is 0 Å². The molecule has 0 atom stereocenters. The summed E-state index contributed by atoms with van der Waals surface area (Å²) in [7, 11) is -9.57. The van der Waals surface area contributed by atoms with E-state index in [0.29, 0.717) is 5.69 Å². The van der Waals surface area contributed by atoms with Crippen molar-refractivity contribution < 1.29 is 31.0 Å². The fraction of sp³-hybridized carbons (Fsp3) is 0. The second-order valence-corrected chi connectivity index (χ2v) is 8.74. The van der Waals surface area contributed by atoms with Gasteiger partial charge in [-0.05, 0) is 47.9 Å². The van der Waals surface area contributed by atoms with E-state index in [1.807, 2.05) is 0 Å². The highest BCUT2D eigenvalue weighted by atomic mass is 32.2. The molecule has 0 radical (unpaired) electrons. The van der Waals surface area contributed by atoms with Crippen LogP contribution in [0.2, 0.25) is 0 Å². The molecule has 0 aliphatic heterocycles. The summed E-state index contributed by atoms with van der Waals surface area (Å²) in [6.07, 6.45) is 0. The lowest BCUT2D eigenvalue weighted by atomic mass is 10.1. The SMILES string of the molecule is Nc1ccc(N=Nc2c(S(=O)(=O)O)cc3cc(S(=O)(=O)O)cc(N)c3c2O)cc1. The van der Waals surface area contributed by atoms with Crippen LogP contribution >= 0.6 is 0 Å². The van der Waals surface area contributed by atoms with E-state index >= 15 is 0 Å². The number of nitrogens with two attached hydrogens (primary N) is 2. The maximum absolute atomic E-state index is 11.8. The van der Waals surface area contributed by atoms with Crippen molar-refractivity contribution in [2.75, 3.05) is 11.5 Å². The topological polar surface area (TPSA) is 206 Å². The van der Waals surface area contributed by atoms with E-state index in [9.17, 15) is 31.0 Å². The van der Waals surface area contributed by atoms with Gasteiger partial charge in [0.25, 0.3) is 20.2 Å². The van der Waals surface area contributed by atoms with Gasteiger partial charge in [0.2, 0.25) is 0 Å². The zero-order chi connectivity index (χ0) is 21.6. The van der Waals surface area contributed by atoms with E-state index in [1.54, 1.807) is 0 Å². The second kappa shape index (κ2) is 6.97. The van der Waals surface area contributed by atoms with Crippen molar-refractivity contribution in [3.8, 4) is 5.75 Å². The Morgan fingerprint density at radius 1 is 0.828 bits per heavy atom. The number of phenolic OH excluding ortho intramolecular Hbond substituents is 1. The van der Waals surface area contributed by atoms with Gasteiger partial charge in [0, 0.05) is 16.8 Å². The average Bonchev–Trinajstić information content (AvgIpc) is 2.60. The molecule has 0 bridgehead atoms. The lowest BCUT2D eigenvalue weighted by Crippen LogP contribution is -2.02. The normalized spacial score (nSPS) is 12.6. The Balaban J connectivity index is 2.32. The molecule has 152 valence electrons. The van der Waals surface area contributed by atoms with Gasteiger partial charge in [-0.1, -0.05) is 0 Å². The van der Waals surface area contributed by atoms with E-state index in [-0.39, 0.29) is 22.1 Å². The van der Waals surface area contributed by atoms with Crippen LogP contribution < -0.4 is 11.5 Å². The molecule has 3 aromatic carbocycles. The molecule has 0 aliphatic rings. The first-order valence-electron chi connectivity index (χ1n) is 7.69. The van der Waals surface area contributed by atoms with Crippen LogP contribution in [0.15, 0.2) is 62.5 Å². The van der Waals surface area contributed by atoms with Gasteiger partial charge in [0.1, 0.15) is 10.6 Å². The molecule has 0 saturated heterocycles. The first-order valence-corrected chi connectivity index (χ1v) is 10.6. The number of aromatic hydroxyl groups is 1. The van der Waals surface area contributed by atoms with Crippen LogP contribution in [0.3, 0.4) is 0 Å². The van der Waals surface area contributed by atoms with Crippen molar-refractivity contribution in [2.45, 2.75) is 9.79 Å². The molecule has 7 N–H and O–H groups in total. The number of azo groups is 1. The predicted octanol–water partition coefficient (Wildman–Crippen LogP) is 2.62. The number of anilines is 2. The first-order chi connectivity index (χ1) is 13.4. The summed E-state index contributed by atoms with van der Waals surface area (Å²) in [5, 5.41) is 17.7. The third kappa shape index (κ3) is 4.12. The summed E-state index contributed by atoms with van der Waals surface area (Å²) in [6, 6.07) is 8.63. The summed E-state index contributed by atoms with van der Waals surface area (Å²) in [6.45, 7) is 0. The summed E-state index contributed by atoms with van der Waals surface area (Å²) in [4.78, 5) is -1.46. The van der Waals surface area contributed by atoms with Crippen molar-refractivity contribution >= 4 is 53.8 Å². The van der Waals surface area contributed by atoms with E-state index in [4.69, 9.17) is 11.5 Å². The number of rotatable bonds is 4. The van der Waals surface area contributed by atoms with Crippen LogP contribution in [0, 0.1) is 0 Å². The molecule has 29 heavy (non-hydrogen) atoms. The molecule has 13 heteroatoms. The van der Waals surface area contributed by atoms with Crippen molar-refractivity contribution in [3.05, 3.63) is 42.5 Å². The molecular formula is C16H14N4O7S2. The number of hydrogen-bond acceptors (Lipinski definition) is 9. The first kappa shape index (κ1) is 20.5. The van der Waals surface area contributed by atoms with Crippen molar-refractivity contribution in [1.29, 1.82) is 0 Å². The van der Waals surface area contributed by atoms with Crippen molar-refractivity contribution in [1.82, 2.24) is 0 Å². The largest absolute Gasteiger partial charge is 0.505 e. The highest BCUT2D eigenvalue weighted by Gasteiger charge is 2.24. The lowest BCUT2D eigenvalue weighted by Gasteiger charge is -2.11.